The highest BCUT2D eigenvalue weighted by Gasteiger charge is 2.20. The zero-order chi connectivity index (χ0) is 14.4. The van der Waals surface area contributed by atoms with Gasteiger partial charge < -0.3 is 10.0 Å². The van der Waals surface area contributed by atoms with Gasteiger partial charge in [-0.1, -0.05) is 18.2 Å². The van der Waals surface area contributed by atoms with Crippen molar-refractivity contribution in [2.75, 3.05) is 11.4 Å². The summed E-state index contributed by atoms with van der Waals surface area (Å²) in [4.78, 5) is 24.5. The van der Waals surface area contributed by atoms with Crippen LogP contribution < -0.4 is 10.2 Å². The molecule has 0 bridgehead atoms. The Labute approximate surface area is 113 Å². The number of nitrogens with one attached hydrogen (secondary N) is 1. The molecule has 104 valence electrons. The molecule has 0 saturated carbocycles. The van der Waals surface area contributed by atoms with Gasteiger partial charge in [-0.15, -0.1) is 0 Å². The number of anilines is 1. The second-order valence-corrected chi connectivity index (χ2v) is 4.63. The fraction of sp³-hybridized carbons (Fsp3) is 0.429. The zero-order valence-electron chi connectivity index (χ0n) is 11.5. The molecule has 0 radical (unpaired) electrons. The van der Waals surface area contributed by atoms with Gasteiger partial charge in [-0.05, 0) is 32.9 Å². The van der Waals surface area contributed by atoms with Crippen LogP contribution in [0.5, 0.6) is 0 Å². The van der Waals surface area contributed by atoms with Crippen molar-refractivity contribution >= 4 is 17.6 Å². The summed E-state index contributed by atoms with van der Waals surface area (Å²) in [6.45, 7) is 5.36. The SMILES string of the molecule is CC(C)N(C(=O)CN[C@H](C)C(=O)O)c1ccccc1. The number of para-hydroxylation sites is 1. The van der Waals surface area contributed by atoms with Crippen molar-refractivity contribution in [2.45, 2.75) is 32.9 Å². The normalized spacial score (nSPS) is 12.2. The van der Waals surface area contributed by atoms with Crippen LogP contribution in [-0.4, -0.2) is 35.6 Å². The minimum atomic E-state index is -0.969. The van der Waals surface area contributed by atoms with E-state index in [-0.39, 0.29) is 18.5 Å². The molecule has 19 heavy (non-hydrogen) atoms. The number of aliphatic carboxylic acids is 1. The average molecular weight is 264 g/mol. The predicted octanol–water partition coefficient (Wildman–Crippen LogP) is 1.49. The third-order valence-corrected chi connectivity index (χ3v) is 2.75. The molecule has 1 aromatic carbocycles. The Hall–Kier alpha value is -1.88. The van der Waals surface area contributed by atoms with Gasteiger partial charge in [-0.25, -0.2) is 0 Å². The summed E-state index contributed by atoms with van der Waals surface area (Å²) in [5, 5.41) is 11.5. The highest BCUT2D eigenvalue weighted by Crippen LogP contribution is 2.16. The molecule has 1 rings (SSSR count). The maximum atomic E-state index is 12.2. The number of rotatable bonds is 6. The van der Waals surface area contributed by atoms with Crippen molar-refractivity contribution in [3.63, 3.8) is 0 Å². The second-order valence-electron chi connectivity index (χ2n) is 4.63. The van der Waals surface area contributed by atoms with E-state index in [1.54, 1.807) is 4.90 Å². The molecule has 1 amide bonds. The van der Waals surface area contributed by atoms with Gasteiger partial charge in [-0.3, -0.25) is 14.9 Å². The number of benzene rings is 1. The quantitative estimate of drug-likeness (QED) is 0.816. The minimum Gasteiger partial charge on any atom is -0.480 e. The van der Waals surface area contributed by atoms with Gasteiger partial charge in [0.1, 0.15) is 6.04 Å². The van der Waals surface area contributed by atoms with Gasteiger partial charge in [0.15, 0.2) is 0 Å². The third-order valence-electron chi connectivity index (χ3n) is 2.75. The van der Waals surface area contributed by atoms with Crippen molar-refractivity contribution in [1.82, 2.24) is 5.32 Å². The van der Waals surface area contributed by atoms with E-state index in [0.29, 0.717) is 0 Å². The molecule has 0 fully saturated rings. The van der Waals surface area contributed by atoms with Gasteiger partial charge >= 0.3 is 5.97 Å². The van der Waals surface area contributed by atoms with Crippen LogP contribution in [0.1, 0.15) is 20.8 Å². The molecular weight excluding hydrogens is 244 g/mol. The Morgan fingerprint density at radius 3 is 2.26 bits per heavy atom. The average Bonchev–Trinajstić information content (AvgIpc) is 2.36. The summed E-state index contributed by atoms with van der Waals surface area (Å²) < 4.78 is 0. The first-order chi connectivity index (χ1) is 8.93. The Kier molecular flexibility index (Phi) is 5.51. The monoisotopic (exact) mass is 264 g/mol. The number of carbonyl (C=O) groups excluding carboxylic acids is 1. The fourth-order valence-electron chi connectivity index (χ4n) is 1.73. The molecule has 1 atom stereocenters. The number of hydrogen-bond donors (Lipinski definition) is 2. The largest absolute Gasteiger partial charge is 0.480 e. The number of amides is 1. The number of carboxylic acid groups (broad SMARTS) is 1. The van der Waals surface area contributed by atoms with Crippen LogP contribution in [0, 0.1) is 0 Å². The summed E-state index contributed by atoms with van der Waals surface area (Å²) >= 11 is 0. The molecule has 1 aromatic rings. The Bertz CT molecular complexity index is 432. The van der Waals surface area contributed by atoms with Crippen LogP contribution in [0.15, 0.2) is 30.3 Å². The van der Waals surface area contributed by atoms with E-state index in [2.05, 4.69) is 5.32 Å². The molecule has 0 saturated heterocycles. The molecule has 0 unspecified atom stereocenters. The van der Waals surface area contributed by atoms with Crippen molar-refractivity contribution in [2.24, 2.45) is 0 Å². The van der Waals surface area contributed by atoms with Crippen LogP contribution >= 0.6 is 0 Å². The first-order valence-corrected chi connectivity index (χ1v) is 6.26. The predicted molar refractivity (Wildman–Crippen MR) is 74.2 cm³/mol. The first kappa shape index (κ1) is 15.2. The summed E-state index contributed by atoms with van der Waals surface area (Å²) in [6, 6.07) is 8.61. The van der Waals surface area contributed by atoms with E-state index in [4.69, 9.17) is 5.11 Å². The lowest BCUT2D eigenvalue weighted by atomic mass is 10.2. The lowest BCUT2D eigenvalue weighted by molar-refractivity contribution is -0.139. The van der Waals surface area contributed by atoms with Crippen molar-refractivity contribution < 1.29 is 14.7 Å². The van der Waals surface area contributed by atoms with Crippen LogP contribution in [-0.2, 0) is 9.59 Å². The number of carbonyl (C=O) groups is 2. The van der Waals surface area contributed by atoms with Crippen LogP contribution in [0.2, 0.25) is 0 Å². The van der Waals surface area contributed by atoms with Gasteiger partial charge in [0.2, 0.25) is 5.91 Å². The molecule has 0 aromatic heterocycles. The molecule has 0 aliphatic heterocycles. The summed E-state index contributed by atoms with van der Waals surface area (Å²) in [6.07, 6.45) is 0. The van der Waals surface area contributed by atoms with Gasteiger partial charge in [0, 0.05) is 11.7 Å². The van der Waals surface area contributed by atoms with Crippen molar-refractivity contribution in [1.29, 1.82) is 0 Å². The third kappa shape index (κ3) is 4.37. The molecule has 0 heterocycles. The summed E-state index contributed by atoms with van der Waals surface area (Å²) in [7, 11) is 0. The fourth-order valence-corrected chi connectivity index (χ4v) is 1.73. The second kappa shape index (κ2) is 6.89. The Morgan fingerprint density at radius 1 is 1.21 bits per heavy atom. The van der Waals surface area contributed by atoms with Crippen molar-refractivity contribution in [3.8, 4) is 0 Å². The van der Waals surface area contributed by atoms with Crippen LogP contribution in [0.4, 0.5) is 5.69 Å². The van der Waals surface area contributed by atoms with E-state index < -0.39 is 12.0 Å². The van der Waals surface area contributed by atoms with E-state index in [9.17, 15) is 9.59 Å². The molecule has 0 spiro atoms. The Morgan fingerprint density at radius 2 is 1.79 bits per heavy atom. The van der Waals surface area contributed by atoms with Gasteiger partial charge in [0.05, 0.1) is 6.54 Å². The van der Waals surface area contributed by atoms with Gasteiger partial charge in [-0.2, -0.15) is 0 Å². The van der Waals surface area contributed by atoms with E-state index in [1.807, 2.05) is 44.2 Å². The maximum Gasteiger partial charge on any atom is 0.320 e. The lowest BCUT2D eigenvalue weighted by Crippen LogP contribution is -2.46. The van der Waals surface area contributed by atoms with Crippen LogP contribution in [0.25, 0.3) is 0 Å². The van der Waals surface area contributed by atoms with Crippen molar-refractivity contribution in [3.05, 3.63) is 30.3 Å². The molecule has 5 nitrogen and oxygen atoms in total. The van der Waals surface area contributed by atoms with E-state index >= 15 is 0 Å². The van der Waals surface area contributed by atoms with Gasteiger partial charge in [0.25, 0.3) is 0 Å². The van der Waals surface area contributed by atoms with E-state index in [1.165, 1.54) is 6.92 Å². The molecule has 5 heteroatoms. The zero-order valence-corrected chi connectivity index (χ0v) is 11.5. The number of carboxylic acids is 1. The van der Waals surface area contributed by atoms with Crippen LogP contribution in [0.3, 0.4) is 0 Å². The van der Waals surface area contributed by atoms with E-state index in [0.717, 1.165) is 5.69 Å². The number of nitrogens with zero attached hydrogens (tertiary/aromatic N) is 1. The summed E-state index contributed by atoms with van der Waals surface area (Å²) in [5.41, 5.74) is 0.812. The highest BCUT2D eigenvalue weighted by atomic mass is 16.4. The molecule has 0 aliphatic rings. The molecular formula is C14H20N2O3. The minimum absolute atomic E-state index is 0.000537. The molecule has 0 aliphatic carbocycles. The standard InChI is InChI=1S/C14H20N2O3/c1-10(2)16(12-7-5-4-6-8-12)13(17)9-15-11(3)14(18)19/h4-8,10-11,15H,9H2,1-3H3,(H,18,19)/t11-/m1/s1. The number of hydrogen-bond acceptors (Lipinski definition) is 3. The smallest absolute Gasteiger partial charge is 0.320 e. The topological polar surface area (TPSA) is 69.6 Å². The first-order valence-electron chi connectivity index (χ1n) is 6.26. The Balaban J connectivity index is 2.73. The summed E-state index contributed by atoms with van der Waals surface area (Å²) in [5.74, 6) is -1.11. The lowest BCUT2D eigenvalue weighted by Gasteiger charge is -2.27. The highest BCUT2D eigenvalue weighted by molar-refractivity contribution is 5.95. The maximum absolute atomic E-state index is 12.2. The molecule has 2 N–H and O–H groups in total.